The van der Waals surface area contributed by atoms with Crippen LogP contribution >= 0.6 is 0 Å². The Kier molecular flexibility index (Phi) is 4.73. The molecule has 20 heavy (non-hydrogen) atoms. The second-order valence-corrected chi connectivity index (χ2v) is 5.07. The Morgan fingerprint density at radius 2 is 1.90 bits per heavy atom. The highest BCUT2D eigenvalue weighted by Crippen LogP contribution is 2.23. The van der Waals surface area contributed by atoms with Crippen LogP contribution in [0.5, 0.6) is 0 Å². The number of nitrogens with zero attached hydrogens (tertiary/aromatic N) is 5. The molecule has 0 aromatic carbocycles. The molecule has 0 spiro atoms. The first-order chi connectivity index (χ1) is 9.58. The molecule has 0 radical (unpaired) electrons. The second-order valence-electron chi connectivity index (χ2n) is 5.07. The van der Waals surface area contributed by atoms with Crippen LogP contribution in [0.15, 0.2) is 12.4 Å². The van der Waals surface area contributed by atoms with Gasteiger partial charge in [-0.25, -0.2) is 9.97 Å². The molecule has 1 N–H and O–H groups in total. The molecule has 1 aliphatic rings. The summed E-state index contributed by atoms with van der Waals surface area (Å²) >= 11 is 0. The van der Waals surface area contributed by atoms with Crippen molar-refractivity contribution in [3.63, 3.8) is 0 Å². The van der Waals surface area contributed by atoms with Crippen molar-refractivity contribution in [3.8, 4) is 0 Å². The molecule has 7 nitrogen and oxygen atoms in total. The molecule has 1 aromatic rings. The third-order valence-electron chi connectivity index (χ3n) is 3.40. The minimum atomic E-state index is -0.740. The summed E-state index contributed by atoms with van der Waals surface area (Å²) in [5, 5.41) is 8.71. The maximum absolute atomic E-state index is 10.6. The predicted octanol–water partition coefficient (Wildman–Crippen LogP) is 0.139. The highest BCUT2D eigenvalue weighted by molar-refractivity contribution is 5.66. The zero-order valence-electron chi connectivity index (χ0n) is 12.0. The number of anilines is 2. The molecule has 0 atom stereocenters. The number of hydrogen-bond donors (Lipinski definition) is 1. The topological polar surface area (TPSA) is 72.8 Å². The average Bonchev–Trinajstić information content (AvgIpc) is 2.45. The van der Waals surface area contributed by atoms with E-state index in [-0.39, 0.29) is 6.42 Å². The summed E-state index contributed by atoms with van der Waals surface area (Å²) in [6.45, 7) is 4.02. The molecule has 1 saturated heterocycles. The van der Waals surface area contributed by atoms with Crippen molar-refractivity contribution in [2.45, 2.75) is 6.42 Å². The fourth-order valence-electron chi connectivity index (χ4n) is 2.30. The van der Waals surface area contributed by atoms with Crippen molar-refractivity contribution in [3.05, 3.63) is 12.4 Å². The summed E-state index contributed by atoms with van der Waals surface area (Å²) in [5.41, 5.74) is 0. The Hall–Kier alpha value is -1.89. The van der Waals surface area contributed by atoms with Gasteiger partial charge in [0.15, 0.2) is 11.6 Å². The fraction of sp³-hybridized carbons (Fsp3) is 0.615. The first-order valence-electron chi connectivity index (χ1n) is 6.75. The summed E-state index contributed by atoms with van der Waals surface area (Å²) in [6, 6.07) is 0. The molecule has 0 saturated carbocycles. The monoisotopic (exact) mass is 279 g/mol. The number of aliphatic carboxylic acids is 1. The number of rotatable bonds is 5. The maximum Gasteiger partial charge on any atom is 0.304 e. The molecular formula is C13H21N5O2. The molecular weight excluding hydrogens is 258 g/mol. The molecule has 2 rings (SSSR count). The van der Waals surface area contributed by atoms with Gasteiger partial charge < -0.3 is 14.9 Å². The predicted molar refractivity (Wildman–Crippen MR) is 77.3 cm³/mol. The first-order valence-corrected chi connectivity index (χ1v) is 6.75. The van der Waals surface area contributed by atoms with Gasteiger partial charge in [-0.3, -0.25) is 9.69 Å². The minimum absolute atomic E-state index is 0.202. The van der Waals surface area contributed by atoms with Crippen LogP contribution in [0, 0.1) is 0 Å². The van der Waals surface area contributed by atoms with Gasteiger partial charge in [-0.15, -0.1) is 0 Å². The molecule has 0 amide bonds. The van der Waals surface area contributed by atoms with E-state index < -0.39 is 5.97 Å². The van der Waals surface area contributed by atoms with Gasteiger partial charge in [0.1, 0.15) is 0 Å². The van der Waals surface area contributed by atoms with E-state index in [1.807, 2.05) is 19.0 Å². The van der Waals surface area contributed by atoms with Gasteiger partial charge in [-0.1, -0.05) is 0 Å². The van der Waals surface area contributed by atoms with Crippen LogP contribution in [0.1, 0.15) is 6.42 Å². The van der Waals surface area contributed by atoms with E-state index in [1.165, 1.54) is 0 Å². The minimum Gasteiger partial charge on any atom is -0.481 e. The van der Waals surface area contributed by atoms with E-state index in [1.54, 1.807) is 12.4 Å². The summed E-state index contributed by atoms with van der Waals surface area (Å²) < 4.78 is 0. The molecule has 7 heteroatoms. The lowest BCUT2D eigenvalue weighted by Crippen LogP contribution is -2.47. The van der Waals surface area contributed by atoms with E-state index in [0.717, 1.165) is 37.8 Å². The van der Waals surface area contributed by atoms with Crippen molar-refractivity contribution in [1.29, 1.82) is 0 Å². The number of piperazine rings is 1. The molecule has 1 aliphatic heterocycles. The van der Waals surface area contributed by atoms with Gasteiger partial charge in [0.05, 0.1) is 6.42 Å². The van der Waals surface area contributed by atoms with E-state index >= 15 is 0 Å². The van der Waals surface area contributed by atoms with Gasteiger partial charge in [0.25, 0.3) is 0 Å². The number of hydrogen-bond acceptors (Lipinski definition) is 6. The lowest BCUT2D eigenvalue weighted by molar-refractivity contribution is -0.137. The second kappa shape index (κ2) is 6.51. The maximum atomic E-state index is 10.6. The van der Waals surface area contributed by atoms with Gasteiger partial charge >= 0.3 is 5.97 Å². The lowest BCUT2D eigenvalue weighted by atomic mass is 10.3. The summed E-state index contributed by atoms with van der Waals surface area (Å²) in [4.78, 5) is 25.7. The molecule has 0 unspecified atom stereocenters. The van der Waals surface area contributed by atoms with Gasteiger partial charge in [-0.05, 0) is 0 Å². The number of aromatic nitrogens is 2. The Balaban J connectivity index is 1.95. The third-order valence-corrected chi connectivity index (χ3v) is 3.40. The molecule has 1 fully saturated rings. The standard InChI is InChI=1S/C13H21N5O2/c1-16(2)12-13(15-5-4-14-12)18-9-7-17(8-10-18)6-3-11(19)20/h4-5H,3,6-10H2,1-2H3,(H,19,20). The lowest BCUT2D eigenvalue weighted by Gasteiger charge is -2.36. The van der Waals surface area contributed by atoms with Crippen molar-refractivity contribution in [2.24, 2.45) is 0 Å². The van der Waals surface area contributed by atoms with Gasteiger partial charge in [-0.2, -0.15) is 0 Å². The van der Waals surface area contributed by atoms with E-state index in [0.29, 0.717) is 6.54 Å². The van der Waals surface area contributed by atoms with Gasteiger partial charge in [0.2, 0.25) is 0 Å². The van der Waals surface area contributed by atoms with Crippen molar-refractivity contribution < 1.29 is 9.90 Å². The molecule has 110 valence electrons. The Labute approximate surface area is 118 Å². The quantitative estimate of drug-likeness (QED) is 0.822. The van der Waals surface area contributed by atoms with Crippen molar-refractivity contribution in [2.75, 3.05) is 56.6 Å². The molecule has 2 heterocycles. The Morgan fingerprint density at radius 3 is 2.50 bits per heavy atom. The summed E-state index contributed by atoms with van der Waals surface area (Å²) in [5.74, 6) is 1.03. The highest BCUT2D eigenvalue weighted by Gasteiger charge is 2.21. The largest absolute Gasteiger partial charge is 0.481 e. The van der Waals surface area contributed by atoms with E-state index in [2.05, 4.69) is 19.8 Å². The summed E-state index contributed by atoms with van der Waals surface area (Å²) in [6.07, 6.45) is 3.61. The number of carboxylic acids is 1. The zero-order chi connectivity index (χ0) is 14.5. The van der Waals surface area contributed by atoms with Crippen LogP contribution in [0.4, 0.5) is 11.6 Å². The Bertz CT molecular complexity index is 458. The first kappa shape index (κ1) is 14.5. The van der Waals surface area contributed by atoms with Crippen molar-refractivity contribution >= 4 is 17.6 Å². The fourth-order valence-corrected chi connectivity index (χ4v) is 2.30. The third kappa shape index (κ3) is 3.57. The molecule has 0 bridgehead atoms. The normalized spacial score (nSPS) is 16.2. The van der Waals surface area contributed by atoms with E-state index in [4.69, 9.17) is 5.11 Å². The summed E-state index contributed by atoms with van der Waals surface area (Å²) in [7, 11) is 3.91. The highest BCUT2D eigenvalue weighted by atomic mass is 16.4. The van der Waals surface area contributed by atoms with Crippen LogP contribution in [-0.2, 0) is 4.79 Å². The van der Waals surface area contributed by atoms with Gasteiger partial charge in [0, 0.05) is 59.2 Å². The zero-order valence-corrected chi connectivity index (χ0v) is 12.0. The molecule has 1 aromatic heterocycles. The van der Waals surface area contributed by atoms with Crippen LogP contribution in [0.25, 0.3) is 0 Å². The van der Waals surface area contributed by atoms with E-state index in [9.17, 15) is 4.79 Å². The van der Waals surface area contributed by atoms with Crippen molar-refractivity contribution in [1.82, 2.24) is 14.9 Å². The van der Waals surface area contributed by atoms with Crippen LogP contribution in [0.2, 0.25) is 0 Å². The van der Waals surface area contributed by atoms with Crippen LogP contribution < -0.4 is 9.80 Å². The average molecular weight is 279 g/mol. The Morgan fingerprint density at radius 1 is 1.25 bits per heavy atom. The molecule has 0 aliphatic carbocycles. The van der Waals surface area contributed by atoms with Crippen LogP contribution in [-0.4, -0.2) is 72.8 Å². The number of carbonyl (C=O) groups is 1. The smallest absolute Gasteiger partial charge is 0.304 e. The van der Waals surface area contributed by atoms with Crippen LogP contribution in [0.3, 0.4) is 0 Å². The SMILES string of the molecule is CN(C)c1nccnc1N1CCN(CCC(=O)O)CC1. The number of carboxylic acid groups (broad SMARTS) is 1.